The molecule has 5 atom stereocenters. The molecule has 0 aromatic heterocycles. The number of hydrogen-bond acceptors (Lipinski definition) is 6. The predicted molar refractivity (Wildman–Crippen MR) is 125 cm³/mol. The van der Waals surface area contributed by atoms with Gasteiger partial charge in [-0.3, -0.25) is 0 Å². The van der Waals surface area contributed by atoms with Gasteiger partial charge in [0, 0.05) is 10.4 Å². The first-order chi connectivity index (χ1) is 15.8. The molecule has 180 valence electrons. The van der Waals surface area contributed by atoms with Crippen LogP contribution in [0.5, 0.6) is 5.75 Å². The van der Waals surface area contributed by atoms with Gasteiger partial charge >= 0.3 is 0 Å². The standard InChI is InChI=1S/C26H33ClO6/c1-2-26(10-3-11-26)15-33-19-7-4-16(5-8-19)12-18-13-17(6-9-20(18)27)22(29)25-24(31)23(30)21(28)14-32-25/h4-9,13,21-25,28-31H,2-3,10-12,14-15H2,1H3/t21-,22?,23+,24+,25-/m0/s1. The van der Waals surface area contributed by atoms with Gasteiger partial charge in [-0.1, -0.05) is 49.2 Å². The topological polar surface area (TPSA) is 99.4 Å². The average Bonchev–Trinajstić information content (AvgIpc) is 2.79. The summed E-state index contributed by atoms with van der Waals surface area (Å²) in [6.45, 7) is 2.83. The van der Waals surface area contributed by atoms with Crippen molar-refractivity contribution in [2.45, 2.75) is 69.5 Å². The summed E-state index contributed by atoms with van der Waals surface area (Å²) in [6.07, 6.45) is -0.694. The number of aliphatic hydroxyl groups is 4. The van der Waals surface area contributed by atoms with E-state index in [1.807, 2.05) is 24.3 Å². The smallest absolute Gasteiger partial charge is 0.119 e. The van der Waals surface area contributed by atoms with Gasteiger partial charge in [-0.25, -0.2) is 0 Å². The number of halogens is 1. The number of ether oxygens (including phenoxy) is 2. The van der Waals surface area contributed by atoms with Gasteiger partial charge < -0.3 is 29.9 Å². The monoisotopic (exact) mass is 476 g/mol. The van der Waals surface area contributed by atoms with Crippen LogP contribution in [-0.2, 0) is 11.2 Å². The van der Waals surface area contributed by atoms with E-state index in [9.17, 15) is 20.4 Å². The molecule has 2 fully saturated rings. The first-order valence-corrected chi connectivity index (χ1v) is 12.0. The molecule has 1 saturated heterocycles. The summed E-state index contributed by atoms with van der Waals surface area (Å²) < 4.78 is 11.4. The summed E-state index contributed by atoms with van der Waals surface area (Å²) in [4.78, 5) is 0. The zero-order valence-electron chi connectivity index (χ0n) is 18.9. The maximum atomic E-state index is 10.8. The highest BCUT2D eigenvalue weighted by atomic mass is 35.5. The summed E-state index contributed by atoms with van der Waals surface area (Å²) in [5.41, 5.74) is 2.74. The first-order valence-electron chi connectivity index (χ1n) is 11.7. The molecule has 0 spiro atoms. The highest BCUT2D eigenvalue weighted by molar-refractivity contribution is 6.31. The molecule has 4 rings (SSSR count). The van der Waals surface area contributed by atoms with Crippen LogP contribution in [0.25, 0.3) is 0 Å². The summed E-state index contributed by atoms with van der Waals surface area (Å²) >= 11 is 6.42. The molecular formula is C26H33ClO6. The fraction of sp³-hybridized carbons (Fsp3) is 0.538. The Morgan fingerprint density at radius 1 is 1.09 bits per heavy atom. The fourth-order valence-electron chi connectivity index (χ4n) is 4.65. The lowest BCUT2D eigenvalue weighted by Crippen LogP contribution is -2.54. The van der Waals surface area contributed by atoms with E-state index in [1.165, 1.54) is 19.3 Å². The third-order valence-electron chi connectivity index (χ3n) is 7.29. The van der Waals surface area contributed by atoms with Crippen LogP contribution in [0.3, 0.4) is 0 Å². The van der Waals surface area contributed by atoms with E-state index in [0.717, 1.165) is 29.9 Å². The van der Waals surface area contributed by atoms with Crippen LogP contribution in [0.1, 0.15) is 55.4 Å². The highest BCUT2D eigenvalue weighted by Gasteiger charge is 2.41. The molecule has 1 unspecified atom stereocenters. The Hall–Kier alpha value is -1.67. The van der Waals surface area contributed by atoms with Gasteiger partial charge in [-0.05, 0) is 60.6 Å². The molecule has 0 radical (unpaired) electrons. The van der Waals surface area contributed by atoms with Crippen molar-refractivity contribution in [1.82, 2.24) is 0 Å². The fourth-order valence-corrected chi connectivity index (χ4v) is 4.83. The summed E-state index contributed by atoms with van der Waals surface area (Å²) in [5.74, 6) is 0.859. The van der Waals surface area contributed by atoms with E-state index in [1.54, 1.807) is 18.2 Å². The van der Waals surface area contributed by atoms with E-state index in [-0.39, 0.29) is 6.61 Å². The van der Waals surface area contributed by atoms with Crippen molar-refractivity contribution in [2.75, 3.05) is 13.2 Å². The second-order valence-corrected chi connectivity index (χ2v) is 9.87. The zero-order chi connectivity index (χ0) is 23.6. The zero-order valence-corrected chi connectivity index (χ0v) is 19.6. The lowest BCUT2D eigenvalue weighted by Gasteiger charge is -2.40. The number of aliphatic hydroxyl groups excluding tert-OH is 4. The second kappa shape index (κ2) is 10.3. The van der Waals surface area contributed by atoms with Crippen LogP contribution in [0.2, 0.25) is 5.02 Å². The Labute approximate surface area is 199 Å². The van der Waals surface area contributed by atoms with Gasteiger partial charge in [0.2, 0.25) is 0 Å². The molecule has 1 aliphatic carbocycles. The Kier molecular flexibility index (Phi) is 7.63. The van der Waals surface area contributed by atoms with Crippen LogP contribution >= 0.6 is 11.6 Å². The molecule has 2 aliphatic rings. The van der Waals surface area contributed by atoms with Gasteiger partial charge in [0.05, 0.1) is 13.2 Å². The molecular weight excluding hydrogens is 444 g/mol. The van der Waals surface area contributed by atoms with Crippen molar-refractivity contribution in [3.05, 3.63) is 64.2 Å². The summed E-state index contributed by atoms with van der Waals surface area (Å²) in [6, 6.07) is 13.1. The normalized spacial score (nSPS) is 27.6. The van der Waals surface area contributed by atoms with E-state index in [0.29, 0.717) is 22.4 Å². The maximum Gasteiger partial charge on any atom is 0.119 e. The number of benzene rings is 2. The Balaban J connectivity index is 1.41. The summed E-state index contributed by atoms with van der Waals surface area (Å²) in [7, 11) is 0. The second-order valence-electron chi connectivity index (χ2n) is 9.46. The minimum Gasteiger partial charge on any atom is -0.493 e. The van der Waals surface area contributed by atoms with Crippen molar-refractivity contribution >= 4 is 11.6 Å². The van der Waals surface area contributed by atoms with Crippen LogP contribution in [0.15, 0.2) is 42.5 Å². The maximum absolute atomic E-state index is 10.8. The van der Waals surface area contributed by atoms with E-state index >= 15 is 0 Å². The highest BCUT2D eigenvalue weighted by Crippen LogP contribution is 2.44. The molecule has 2 aromatic rings. The van der Waals surface area contributed by atoms with Gasteiger partial charge in [0.15, 0.2) is 0 Å². The van der Waals surface area contributed by atoms with E-state index < -0.39 is 30.5 Å². The number of rotatable bonds is 8. The Bertz CT molecular complexity index is 923. The van der Waals surface area contributed by atoms with Crippen LogP contribution in [0.4, 0.5) is 0 Å². The SMILES string of the molecule is CCC1(COc2ccc(Cc3cc(C(O)[C@@H]4OC[C@H](O)[C@@H](O)[C@H]4O)ccc3Cl)cc2)CCC1. The first kappa shape index (κ1) is 24.5. The number of hydrogen-bond donors (Lipinski definition) is 4. The van der Waals surface area contributed by atoms with Gasteiger partial charge in [-0.15, -0.1) is 0 Å². The van der Waals surface area contributed by atoms with Crippen LogP contribution in [-0.4, -0.2) is 58.1 Å². The van der Waals surface area contributed by atoms with Crippen molar-refractivity contribution < 1.29 is 29.9 Å². The van der Waals surface area contributed by atoms with Crippen molar-refractivity contribution in [2.24, 2.45) is 5.41 Å². The molecule has 0 bridgehead atoms. The molecule has 2 aromatic carbocycles. The Morgan fingerprint density at radius 2 is 1.82 bits per heavy atom. The lowest BCUT2D eigenvalue weighted by atomic mass is 9.68. The third-order valence-corrected chi connectivity index (χ3v) is 7.66. The van der Waals surface area contributed by atoms with Crippen LogP contribution < -0.4 is 4.74 Å². The molecule has 1 aliphatic heterocycles. The van der Waals surface area contributed by atoms with Gasteiger partial charge in [0.25, 0.3) is 0 Å². The molecule has 4 N–H and O–H groups in total. The van der Waals surface area contributed by atoms with E-state index in [4.69, 9.17) is 21.1 Å². The predicted octanol–water partition coefficient (Wildman–Crippen LogP) is 3.40. The van der Waals surface area contributed by atoms with Crippen molar-refractivity contribution in [1.29, 1.82) is 0 Å². The molecule has 6 nitrogen and oxygen atoms in total. The average molecular weight is 477 g/mol. The Morgan fingerprint density at radius 3 is 2.45 bits per heavy atom. The van der Waals surface area contributed by atoms with E-state index in [2.05, 4.69) is 6.92 Å². The molecule has 7 heteroatoms. The molecule has 1 heterocycles. The van der Waals surface area contributed by atoms with Crippen LogP contribution in [0, 0.1) is 5.41 Å². The molecule has 1 saturated carbocycles. The minimum absolute atomic E-state index is 0.159. The summed E-state index contributed by atoms with van der Waals surface area (Å²) in [5, 5.41) is 41.1. The molecule has 0 amide bonds. The molecule has 33 heavy (non-hydrogen) atoms. The van der Waals surface area contributed by atoms with Crippen molar-refractivity contribution in [3.63, 3.8) is 0 Å². The van der Waals surface area contributed by atoms with Crippen molar-refractivity contribution in [3.8, 4) is 5.75 Å². The quantitative estimate of drug-likeness (QED) is 0.466. The largest absolute Gasteiger partial charge is 0.493 e. The minimum atomic E-state index is -1.40. The van der Waals surface area contributed by atoms with Gasteiger partial charge in [-0.2, -0.15) is 0 Å². The van der Waals surface area contributed by atoms with Gasteiger partial charge in [0.1, 0.15) is 36.3 Å². The lowest BCUT2D eigenvalue weighted by molar-refractivity contribution is -0.212. The third kappa shape index (κ3) is 5.37.